The summed E-state index contributed by atoms with van der Waals surface area (Å²) >= 11 is 0. The fourth-order valence-electron chi connectivity index (χ4n) is 1.84. The maximum absolute atomic E-state index is 11.7. The number of anilines is 1. The zero-order chi connectivity index (χ0) is 15.2. The number of benzene rings is 1. The first-order valence-electron chi connectivity index (χ1n) is 6.68. The van der Waals surface area contributed by atoms with Crippen LogP contribution in [-0.2, 0) is 4.79 Å². The molecular weight excluding hydrogens is 270 g/mol. The van der Waals surface area contributed by atoms with Gasteiger partial charge in [0.15, 0.2) is 0 Å². The average Bonchev–Trinajstić information content (AvgIpc) is 2.46. The number of carbonyl (C=O) groups excluding carboxylic acids is 1. The highest BCUT2D eigenvalue weighted by atomic mass is 16.4. The van der Waals surface area contributed by atoms with Crippen molar-refractivity contribution in [3.8, 4) is 0 Å². The molecule has 1 aromatic heterocycles. The number of carboxylic acid groups (broad SMARTS) is 1. The lowest BCUT2D eigenvalue weighted by Gasteiger charge is -2.09. The van der Waals surface area contributed by atoms with E-state index in [-0.39, 0.29) is 6.03 Å². The molecule has 3 N–H and O–H groups in total. The molecule has 0 saturated heterocycles. The van der Waals surface area contributed by atoms with Crippen molar-refractivity contribution in [1.82, 2.24) is 10.3 Å². The van der Waals surface area contributed by atoms with Gasteiger partial charge in [0.25, 0.3) is 0 Å². The highest BCUT2D eigenvalue weighted by molar-refractivity contribution is 5.91. The Bertz CT molecular complexity index is 657. The van der Waals surface area contributed by atoms with E-state index in [9.17, 15) is 9.59 Å². The van der Waals surface area contributed by atoms with Crippen LogP contribution in [0.3, 0.4) is 0 Å². The van der Waals surface area contributed by atoms with Gasteiger partial charge in [-0.3, -0.25) is 9.78 Å². The molecule has 6 heteroatoms. The van der Waals surface area contributed by atoms with E-state index in [0.29, 0.717) is 18.7 Å². The summed E-state index contributed by atoms with van der Waals surface area (Å²) in [5.74, 6) is -1.34. The molecule has 2 aromatic rings. The number of para-hydroxylation sites is 1. The molecule has 0 fully saturated rings. The summed E-state index contributed by atoms with van der Waals surface area (Å²) in [7, 11) is 0. The number of nitrogens with one attached hydrogen (secondary N) is 2. The van der Waals surface area contributed by atoms with E-state index in [1.54, 1.807) is 13.1 Å². The number of hydrogen-bond acceptors (Lipinski definition) is 3. The Labute approximate surface area is 122 Å². The van der Waals surface area contributed by atoms with Gasteiger partial charge in [0.05, 0.1) is 23.3 Å². The Morgan fingerprint density at radius 1 is 1.33 bits per heavy atom. The second kappa shape index (κ2) is 6.69. The minimum absolute atomic E-state index is 0.306. The summed E-state index contributed by atoms with van der Waals surface area (Å²) in [5.41, 5.74) is 1.45. The SMILES string of the molecule is CC(CCNC(=O)Nc1cnc2ccccc2c1)C(=O)O. The predicted molar refractivity (Wildman–Crippen MR) is 80.2 cm³/mol. The third-order valence-electron chi connectivity index (χ3n) is 3.13. The molecule has 110 valence electrons. The summed E-state index contributed by atoms with van der Waals surface area (Å²) in [6.07, 6.45) is 1.97. The normalized spacial score (nSPS) is 11.9. The molecule has 6 nitrogen and oxygen atoms in total. The number of amides is 2. The topological polar surface area (TPSA) is 91.3 Å². The lowest BCUT2D eigenvalue weighted by atomic mass is 10.1. The Morgan fingerprint density at radius 3 is 2.86 bits per heavy atom. The lowest BCUT2D eigenvalue weighted by Crippen LogP contribution is -2.31. The molecule has 0 aliphatic rings. The molecule has 0 saturated carbocycles. The van der Waals surface area contributed by atoms with Crippen LogP contribution in [0.1, 0.15) is 13.3 Å². The molecule has 1 heterocycles. The standard InChI is InChI=1S/C15H17N3O3/c1-10(14(19)20)6-7-16-15(21)18-12-8-11-4-2-3-5-13(11)17-9-12/h2-5,8-10H,6-7H2,1H3,(H,19,20)(H2,16,18,21). The van der Waals surface area contributed by atoms with Crippen LogP contribution in [0.4, 0.5) is 10.5 Å². The molecule has 0 aliphatic heterocycles. The van der Waals surface area contributed by atoms with Crippen molar-refractivity contribution in [2.24, 2.45) is 5.92 Å². The van der Waals surface area contributed by atoms with Crippen LogP contribution in [-0.4, -0.2) is 28.6 Å². The molecule has 0 spiro atoms. The molecule has 1 aromatic carbocycles. The van der Waals surface area contributed by atoms with Crippen LogP contribution in [0.25, 0.3) is 10.9 Å². The van der Waals surface area contributed by atoms with E-state index in [1.807, 2.05) is 30.3 Å². The van der Waals surface area contributed by atoms with Crippen molar-refractivity contribution in [1.29, 1.82) is 0 Å². The molecular formula is C15H17N3O3. The number of carboxylic acids is 1. The molecule has 0 radical (unpaired) electrons. The van der Waals surface area contributed by atoms with Crippen molar-refractivity contribution in [3.63, 3.8) is 0 Å². The molecule has 2 rings (SSSR count). The van der Waals surface area contributed by atoms with E-state index in [0.717, 1.165) is 10.9 Å². The largest absolute Gasteiger partial charge is 0.481 e. The van der Waals surface area contributed by atoms with Gasteiger partial charge in [-0.05, 0) is 18.6 Å². The number of aliphatic carboxylic acids is 1. The van der Waals surface area contributed by atoms with Crippen molar-refractivity contribution in [3.05, 3.63) is 36.5 Å². The summed E-state index contributed by atoms with van der Waals surface area (Å²) in [6, 6.07) is 9.08. The van der Waals surface area contributed by atoms with Crippen LogP contribution >= 0.6 is 0 Å². The molecule has 2 amide bonds. The number of rotatable bonds is 5. The van der Waals surface area contributed by atoms with Gasteiger partial charge in [-0.2, -0.15) is 0 Å². The zero-order valence-corrected chi connectivity index (χ0v) is 11.7. The van der Waals surface area contributed by atoms with Gasteiger partial charge in [-0.15, -0.1) is 0 Å². The minimum atomic E-state index is -0.865. The van der Waals surface area contributed by atoms with E-state index in [1.165, 1.54) is 0 Å². The van der Waals surface area contributed by atoms with Gasteiger partial charge < -0.3 is 15.7 Å². The zero-order valence-electron chi connectivity index (χ0n) is 11.7. The highest BCUT2D eigenvalue weighted by Gasteiger charge is 2.10. The van der Waals surface area contributed by atoms with Crippen molar-refractivity contribution < 1.29 is 14.7 Å². The number of pyridine rings is 1. The third kappa shape index (κ3) is 4.17. The third-order valence-corrected chi connectivity index (χ3v) is 3.13. The summed E-state index contributed by atoms with van der Waals surface area (Å²) in [5, 5.41) is 15.0. The van der Waals surface area contributed by atoms with E-state index in [4.69, 9.17) is 5.11 Å². The molecule has 21 heavy (non-hydrogen) atoms. The van der Waals surface area contributed by atoms with Crippen molar-refractivity contribution in [2.75, 3.05) is 11.9 Å². The molecule has 1 atom stereocenters. The van der Waals surface area contributed by atoms with Crippen LogP contribution in [0.2, 0.25) is 0 Å². The number of nitrogens with zero attached hydrogens (tertiary/aromatic N) is 1. The number of hydrogen-bond donors (Lipinski definition) is 3. The van der Waals surface area contributed by atoms with Crippen LogP contribution < -0.4 is 10.6 Å². The molecule has 1 unspecified atom stereocenters. The smallest absolute Gasteiger partial charge is 0.319 e. The number of fused-ring (bicyclic) bond motifs is 1. The number of urea groups is 1. The van der Waals surface area contributed by atoms with Gasteiger partial charge in [-0.25, -0.2) is 4.79 Å². The summed E-state index contributed by atoms with van der Waals surface area (Å²) in [6.45, 7) is 1.91. The number of carbonyl (C=O) groups is 2. The second-order valence-corrected chi connectivity index (χ2v) is 4.83. The Kier molecular flexibility index (Phi) is 4.71. The Balaban J connectivity index is 1.88. The Hall–Kier alpha value is -2.63. The second-order valence-electron chi connectivity index (χ2n) is 4.83. The van der Waals surface area contributed by atoms with Crippen molar-refractivity contribution in [2.45, 2.75) is 13.3 Å². The quantitative estimate of drug-likeness (QED) is 0.787. The van der Waals surface area contributed by atoms with Gasteiger partial charge in [0, 0.05) is 11.9 Å². The maximum Gasteiger partial charge on any atom is 0.319 e. The fraction of sp³-hybridized carbons (Fsp3) is 0.267. The fourth-order valence-corrected chi connectivity index (χ4v) is 1.84. The highest BCUT2D eigenvalue weighted by Crippen LogP contribution is 2.15. The monoisotopic (exact) mass is 287 g/mol. The number of aromatic nitrogens is 1. The first kappa shape index (κ1) is 14.8. The molecule has 0 bridgehead atoms. The molecule has 0 aliphatic carbocycles. The minimum Gasteiger partial charge on any atom is -0.481 e. The van der Waals surface area contributed by atoms with Gasteiger partial charge >= 0.3 is 12.0 Å². The summed E-state index contributed by atoms with van der Waals surface area (Å²) in [4.78, 5) is 26.6. The lowest BCUT2D eigenvalue weighted by molar-refractivity contribution is -0.141. The Morgan fingerprint density at radius 2 is 2.10 bits per heavy atom. The predicted octanol–water partition coefficient (Wildman–Crippen LogP) is 2.47. The van der Waals surface area contributed by atoms with E-state index >= 15 is 0 Å². The maximum atomic E-state index is 11.7. The van der Waals surface area contributed by atoms with Crippen molar-refractivity contribution >= 4 is 28.6 Å². The van der Waals surface area contributed by atoms with Crippen LogP contribution in [0.15, 0.2) is 36.5 Å². The van der Waals surface area contributed by atoms with E-state index in [2.05, 4.69) is 15.6 Å². The van der Waals surface area contributed by atoms with Gasteiger partial charge in [-0.1, -0.05) is 25.1 Å². The first-order valence-corrected chi connectivity index (χ1v) is 6.68. The summed E-state index contributed by atoms with van der Waals surface area (Å²) < 4.78 is 0. The van der Waals surface area contributed by atoms with E-state index < -0.39 is 11.9 Å². The van der Waals surface area contributed by atoms with Crippen LogP contribution in [0, 0.1) is 5.92 Å². The van der Waals surface area contributed by atoms with Crippen LogP contribution in [0.5, 0.6) is 0 Å². The average molecular weight is 287 g/mol. The first-order chi connectivity index (χ1) is 10.1. The van der Waals surface area contributed by atoms with Gasteiger partial charge in [0.1, 0.15) is 0 Å². The van der Waals surface area contributed by atoms with Gasteiger partial charge in [0.2, 0.25) is 0 Å².